The van der Waals surface area contributed by atoms with Crippen LogP contribution in [0.1, 0.15) is 6.42 Å². The first-order chi connectivity index (χ1) is 7.27. The first-order valence-electron chi connectivity index (χ1n) is 5.52. The number of carboxylic acids is 1. The number of hydrogen-bond donors (Lipinski definition) is 2. The van der Waals surface area contributed by atoms with Gasteiger partial charge in [-0.15, -0.1) is 0 Å². The molecule has 0 spiro atoms. The van der Waals surface area contributed by atoms with Crippen LogP contribution in [0, 0.1) is 5.92 Å². The van der Waals surface area contributed by atoms with Crippen LogP contribution in [0.25, 0.3) is 0 Å². The monoisotopic (exact) mass is 214 g/mol. The molecular weight excluding hydrogens is 196 g/mol. The van der Waals surface area contributed by atoms with Crippen LogP contribution in [0.4, 0.5) is 0 Å². The van der Waals surface area contributed by atoms with Crippen LogP contribution in [0.2, 0.25) is 0 Å². The number of aliphatic carboxylic acids is 1. The van der Waals surface area contributed by atoms with Gasteiger partial charge in [-0.3, -0.25) is 9.69 Å². The molecule has 0 unspecified atom stereocenters. The molecule has 0 saturated carbocycles. The SMILES string of the molecule is O=C(O)[C@@H]1CNC[C@@H](N2CCOCC2)C1. The van der Waals surface area contributed by atoms with Gasteiger partial charge in [0, 0.05) is 32.2 Å². The van der Waals surface area contributed by atoms with Crippen LogP contribution >= 0.6 is 0 Å². The van der Waals surface area contributed by atoms with E-state index in [0.29, 0.717) is 12.6 Å². The van der Waals surface area contributed by atoms with Gasteiger partial charge in [0.25, 0.3) is 0 Å². The number of carboxylic acid groups (broad SMARTS) is 1. The molecule has 86 valence electrons. The first-order valence-corrected chi connectivity index (χ1v) is 5.52. The van der Waals surface area contributed by atoms with Crippen LogP contribution in [0.3, 0.4) is 0 Å². The standard InChI is InChI=1S/C10H18N2O3/c13-10(14)8-5-9(7-11-6-8)12-1-3-15-4-2-12/h8-9,11H,1-7H2,(H,13,14)/t8-,9-/m0/s1. The molecule has 2 aliphatic rings. The van der Waals surface area contributed by atoms with Crippen molar-refractivity contribution in [3.63, 3.8) is 0 Å². The molecule has 0 aromatic rings. The van der Waals surface area contributed by atoms with Crippen LogP contribution in [-0.4, -0.2) is 61.4 Å². The Bertz CT molecular complexity index is 229. The van der Waals surface area contributed by atoms with Crippen molar-refractivity contribution in [1.29, 1.82) is 0 Å². The summed E-state index contributed by atoms with van der Waals surface area (Å²) in [4.78, 5) is 13.2. The third-order valence-corrected chi connectivity index (χ3v) is 3.24. The minimum atomic E-state index is -0.680. The summed E-state index contributed by atoms with van der Waals surface area (Å²) in [5.74, 6) is -0.910. The molecule has 0 aliphatic carbocycles. The molecule has 2 fully saturated rings. The second-order valence-corrected chi connectivity index (χ2v) is 4.23. The van der Waals surface area contributed by atoms with E-state index in [1.807, 2.05) is 0 Å². The van der Waals surface area contributed by atoms with Crippen molar-refractivity contribution in [3.05, 3.63) is 0 Å². The Hall–Kier alpha value is -0.650. The van der Waals surface area contributed by atoms with E-state index in [-0.39, 0.29) is 5.92 Å². The van der Waals surface area contributed by atoms with Gasteiger partial charge < -0.3 is 15.2 Å². The fourth-order valence-electron chi connectivity index (χ4n) is 2.33. The summed E-state index contributed by atoms with van der Waals surface area (Å²) < 4.78 is 5.29. The van der Waals surface area contributed by atoms with Crippen molar-refractivity contribution < 1.29 is 14.6 Å². The molecule has 0 aromatic carbocycles. The average Bonchev–Trinajstić information content (AvgIpc) is 2.30. The molecule has 2 atom stereocenters. The van der Waals surface area contributed by atoms with Gasteiger partial charge in [-0.1, -0.05) is 0 Å². The van der Waals surface area contributed by atoms with Gasteiger partial charge in [0.05, 0.1) is 19.1 Å². The van der Waals surface area contributed by atoms with Crippen molar-refractivity contribution >= 4 is 5.97 Å². The zero-order chi connectivity index (χ0) is 10.7. The topological polar surface area (TPSA) is 61.8 Å². The summed E-state index contributed by atoms with van der Waals surface area (Å²) in [6, 6.07) is 0.365. The molecule has 2 heterocycles. The predicted molar refractivity (Wildman–Crippen MR) is 54.8 cm³/mol. The van der Waals surface area contributed by atoms with Crippen LogP contribution in [-0.2, 0) is 9.53 Å². The van der Waals surface area contributed by atoms with Crippen molar-refractivity contribution in [3.8, 4) is 0 Å². The van der Waals surface area contributed by atoms with E-state index < -0.39 is 5.97 Å². The zero-order valence-corrected chi connectivity index (χ0v) is 8.82. The molecule has 2 saturated heterocycles. The third kappa shape index (κ3) is 2.68. The summed E-state index contributed by atoms with van der Waals surface area (Å²) in [7, 11) is 0. The number of ether oxygens (including phenoxy) is 1. The number of nitrogens with zero attached hydrogens (tertiary/aromatic N) is 1. The van der Waals surface area contributed by atoms with E-state index in [1.54, 1.807) is 0 Å². The van der Waals surface area contributed by atoms with E-state index in [9.17, 15) is 4.79 Å². The normalized spacial score (nSPS) is 33.9. The Labute approximate surface area is 89.4 Å². The Kier molecular flexibility index (Phi) is 3.56. The molecule has 0 aromatic heterocycles. The summed E-state index contributed by atoms with van der Waals surface area (Å²) in [5.41, 5.74) is 0. The molecule has 2 N–H and O–H groups in total. The van der Waals surface area contributed by atoms with Gasteiger partial charge in [-0.2, -0.15) is 0 Å². The molecular formula is C10H18N2O3. The Morgan fingerprint density at radius 3 is 2.73 bits per heavy atom. The number of piperidine rings is 1. The Balaban J connectivity index is 1.88. The number of hydrogen-bond acceptors (Lipinski definition) is 4. The average molecular weight is 214 g/mol. The second-order valence-electron chi connectivity index (χ2n) is 4.23. The van der Waals surface area contributed by atoms with Crippen molar-refractivity contribution in [2.45, 2.75) is 12.5 Å². The van der Waals surface area contributed by atoms with E-state index in [4.69, 9.17) is 9.84 Å². The highest BCUT2D eigenvalue weighted by Crippen LogP contribution is 2.17. The Morgan fingerprint density at radius 2 is 2.07 bits per heavy atom. The Morgan fingerprint density at radius 1 is 1.33 bits per heavy atom. The highest BCUT2D eigenvalue weighted by molar-refractivity contribution is 5.70. The number of morpholine rings is 1. The number of nitrogens with one attached hydrogen (secondary N) is 1. The van der Waals surface area contributed by atoms with Crippen molar-refractivity contribution in [1.82, 2.24) is 10.2 Å². The molecule has 0 bridgehead atoms. The summed E-state index contributed by atoms with van der Waals surface area (Å²) in [5, 5.41) is 12.2. The second kappa shape index (κ2) is 4.92. The highest BCUT2D eigenvalue weighted by atomic mass is 16.5. The van der Waals surface area contributed by atoms with Crippen molar-refractivity contribution in [2.24, 2.45) is 5.92 Å². The molecule has 2 aliphatic heterocycles. The fourth-order valence-corrected chi connectivity index (χ4v) is 2.33. The lowest BCUT2D eigenvalue weighted by molar-refractivity contribution is -0.143. The fraction of sp³-hybridized carbons (Fsp3) is 0.900. The third-order valence-electron chi connectivity index (χ3n) is 3.24. The summed E-state index contributed by atoms with van der Waals surface area (Å²) in [6.45, 7) is 4.92. The largest absolute Gasteiger partial charge is 0.481 e. The predicted octanol–water partition coefficient (Wildman–Crippen LogP) is -0.619. The lowest BCUT2D eigenvalue weighted by atomic mass is 9.94. The lowest BCUT2D eigenvalue weighted by Gasteiger charge is -2.38. The van der Waals surface area contributed by atoms with Gasteiger partial charge in [-0.05, 0) is 6.42 Å². The number of carbonyl (C=O) groups is 1. The van der Waals surface area contributed by atoms with Gasteiger partial charge >= 0.3 is 5.97 Å². The summed E-state index contributed by atoms with van der Waals surface area (Å²) in [6.07, 6.45) is 0.766. The molecule has 15 heavy (non-hydrogen) atoms. The molecule has 0 amide bonds. The van der Waals surface area contributed by atoms with Crippen LogP contribution < -0.4 is 5.32 Å². The van der Waals surface area contributed by atoms with E-state index in [2.05, 4.69) is 10.2 Å². The van der Waals surface area contributed by atoms with Gasteiger partial charge in [0.1, 0.15) is 0 Å². The van der Waals surface area contributed by atoms with Crippen molar-refractivity contribution in [2.75, 3.05) is 39.4 Å². The number of rotatable bonds is 2. The maximum Gasteiger partial charge on any atom is 0.307 e. The first kappa shape index (κ1) is 10.9. The minimum Gasteiger partial charge on any atom is -0.481 e. The lowest BCUT2D eigenvalue weighted by Crippen LogP contribution is -2.53. The molecule has 0 radical (unpaired) electrons. The van der Waals surface area contributed by atoms with Gasteiger partial charge in [0.2, 0.25) is 0 Å². The quantitative estimate of drug-likeness (QED) is 0.641. The zero-order valence-electron chi connectivity index (χ0n) is 8.82. The van der Waals surface area contributed by atoms with Gasteiger partial charge in [-0.25, -0.2) is 0 Å². The van der Waals surface area contributed by atoms with Gasteiger partial charge in [0.15, 0.2) is 0 Å². The maximum absolute atomic E-state index is 10.9. The highest BCUT2D eigenvalue weighted by Gasteiger charge is 2.30. The van der Waals surface area contributed by atoms with E-state index in [0.717, 1.165) is 39.3 Å². The molecule has 5 heteroatoms. The minimum absolute atomic E-state index is 0.230. The molecule has 2 rings (SSSR count). The van der Waals surface area contributed by atoms with Crippen LogP contribution in [0.15, 0.2) is 0 Å². The summed E-state index contributed by atoms with van der Waals surface area (Å²) >= 11 is 0. The van der Waals surface area contributed by atoms with E-state index in [1.165, 1.54) is 0 Å². The smallest absolute Gasteiger partial charge is 0.307 e. The van der Waals surface area contributed by atoms with E-state index >= 15 is 0 Å². The molecule has 5 nitrogen and oxygen atoms in total. The van der Waals surface area contributed by atoms with Crippen LogP contribution in [0.5, 0.6) is 0 Å². The maximum atomic E-state index is 10.9.